The van der Waals surface area contributed by atoms with Crippen molar-refractivity contribution in [1.29, 1.82) is 0 Å². The van der Waals surface area contributed by atoms with Gasteiger partial charge in [0.25, 0.3) is 0 Å². The molecule has 20 heavy (non-hydrogen) atoms. The number of aryl methyl sites for hydroxylation is 1. The Hall–Kier alpha value is -1.96. The van der Waals surface area contributed by atoms with E-state index in [9.17, 15) is 17.6 Å². The normalized spacial score (nSPS) is 13.5. The van der Waals surface area contributed by atoms with Crippen LogP contribution < -0.4 is 5.73 Å². The van der Waals surface area contributed by atoms with E-state index in [0.29, 0.717) is 11.9 Å². The van der Waals surface area contributed by atoms with Crippen LogP contribution in [-0.2, 0) is 12.6 Å². The highest BCUT2D eigenvalue weighted by atomic mass is 19.4. The van der Waals surface area contributed by atoms with Crippen molar-refractivity contribution in [3.63, 3.8) is 0 Å². The molecule has 1 aromatic carbocycles. The van der Waals surface area contributed by atoms with Gasteiger partial charge in [0.1, 0.15) is 5.82 Å². The first-order valence-electron chi connectivity index (χ1n) is 5.68. The first-order chi connectivity index (χ1) is 9.25. The fourth-order valence-corrected chi connectivity index (χ4v) is 1.72. The van der Waals surface area contributed by atoms with Gasteiger partial charge in [-0.15, -0.1) is 0 Å². The molecule has 0 aliphatic rings. The maximum absolute atomic E-state index is 13.3. The third kappa shape index (κ3) is 3.32. The van der Waals surface area contributed by atoms with Crippen LogP contribution in [0, 0.1) is 12.7 Å². The van der Waals surface area contributed by atoms with Crippen molar-refractivity contribution in [3.05, 3.63) is 46.9 Å². The SMILES string of the molecule is Cc1noc(CC(N)c2cc(F)cc(C(F)(F)F)c2)n1. The van der Waals surface area contributed by atoms with E-state index in [2.05, 4.69) is 10.1 Å². The molecule has 2 N–H and O–H groups in total. The summed E-state index contributed by atoms with van der Waals surface area (Å²) in [7, 11) is 0. The fraction of sp³-hybridized carbons (Fsp3) is 0.333. The topological polar surface area (TPSA) is 64.9 Å². The van der Waals surface area contributed by atoms with Crippen LogP contribution in [-0.4, -0.2) is 10.1 Å². The Morgan fingerprint density at radius 1 is 1.30 bits per heavy atom. The summed E-state index contributed by atoms with van der Waals surface area (Å²) in [6, 6.07) is 1.33. The molecule has 0 fully saturated rings. The van der Waals surface area contributed by atoms with Gasteiger partial charge >= 0.3 is 6.18 Å². The number of nitrogens with two attached hydrogens (primary N) is 1. The average molecular weight is 289 g/mol. The molecular formula is C12H11F4N3O. The van der Waals surface area contributed by atoms with Crippen molar-refractivity contribution >= 4 is 0 Å². The second-order valence-corrected chi connectivity index (χ2v) is 4.32. The number of halogens is 4. The van der Waals surface area contributed by atoms with Gasteiger partial charge in [-0.1, -0.05) is 5.16 Å². The van der Waals surface area contributed by atoms with Gasteiger partial charge in [-0.05, 0) is 30.7 Å². The highest BCUT2D eigenvalue weighted by Gasteiger charge is 2.31. The fourth-order valence-electron chi connectivity index (χ4n) is 1.72. The molecule has 108 valence electrons. The number of hydrogen-bond acceptors (Lipinski definition) is 4. The lowest BCUT2D eigenvalue weighted by Crippen LogP contribution is -2.16. The summed E-state index contributed by atoms with van der Waals surface area (Å²) in [5.41, 5.74) is 4.70. The molecule has 1 aromatic heterocycles. The smallest absolute Gasteiger partial charge is 0.339 e. The Morgan fingerprint density at radius 2 is 2.00 bits per heavy atom. The molecule has 1 heterocycles. The van der Waals surface area contributed by atoms with Crippen LogP contribution >= 0.6 is 0 Å². The van der Waals surface area contributed by atoms with Crippen LogP contribution in [0.1, 0.15) is 28.9 Å². The maximum atomic E-state index is 13.3. The van der Waals surface area contributed by atoms with Crippen LogP contribution in [0.5, 0.6) is 0 Å². The number of nitrogens with zero attached hydrogens (tertiary/aromatic N) is 2. The van der Waals surface area contributed by atoms with E-state index in [4.69, 9.17) is 10.3 Å². The first-order valence-corrected chi connectivity index (χ1v) is 5.68. The molecule has 1 atom stereocenters. The number of alkyl halides is 3. The van der Waals surface area contributed by atoms with Crippen molar-refractivity contribution in [2.45, 2.75) is 25.6 Å². The molecule has 0 aliphatic heterocycles. The second kappa shape index (κ2) is 5.20. The Balaban J connectivity index is 2.25. The molecule has 1 unspecified atom stereocenters. The van der Waals surface area contributed by atoms with Crippen LogP contribution in [0.4, 0.5) is 17.6 Å². The zero-order valence-electron chi connectivity index (χ0n) is 10.4. The van der Waals surface area contributed by atoms with Crippen LogP contribution in [0.15, 0.2) is 22.7 Å². The molecular weight excluding hydrogens is 278 g/mol. The Kier molecular flexibility index (Phi) is 3.76. The van der Waals surface area contributed by atoms with Crippen molar-refractivity contribution in [1.82, 2.24) is 10.1 Å². The summed E-state index contributed by atoms with van der Waals surface area (Å²) in [5.74, 6) is -0.415. The highest BCUT2D eigenvalue weighted by Crippen LogP contribution is 2.31. The summed E-state index contributed by atoms with van der Waals surface area (Å²) < 4.78 is 55.9. The molecule has 0 aliphatic carbocycles. The van der Waals surface area contributed by atoms with Crippen LogP contribution in [0.2, 0.25) is 0 Å². The van der Waals surface area contributed by atoms with E-state index in [1.54, 1.807) is 6.92 Å². The number of benzene rings is 1. The van der Waals surface area contributed by atoms with E-state index in [1.807, 2.05) is 0 Å². The van der Waals surface area contributed by atoms with E-state index in [-0.39, 0.29) is 17.9 Å². The molecule has 0 radical (unpaired) electrons. The lowest BCUT2D eigenvalue weighted by molar-refractivity contribution is -0.137. The van der Waals surface area contributed by atoms with Gasteiger partial charge in [0, 0.05) is 12.5 Å². The monoisotopic (exact) mass is 289 g/mol. The minimum atomic E-state index is -4.63. The van der Waals surface area contributed by atoms with Gasteiger partial charge in [-0.3, -0.25) is 0 Å². The molecule has 0 saturated carbocycles. The second-order valence-electron chi connectivity index (χ2n) is 4.32. The molecule has 8 heteroatoms. The molecule has 2 aromatic rings. The van der Waals surface area contributed by atoms with Crippen molar-refractivity contribution in [2.24, 2.45) is 5.73 Å². The quantitative estimate of drug-likeness (QED) is 0.882. The zero-order chi connectivity index (χ0) is 14.9. The van der Waals surface area contributed by atoms with E-state index in [0.717, 1.165) is 12.1 Å². The Labute approximate surface area is 111 Å². The van der Waals surface area contributed by atoms with E-state index in [1.165, 1.54) is 0 Å². The van der Waals surface area contributed by atoms with Gasteiger partial charge in [-0.25, -0.2) is 4.39 Å². The summed E-state index contributed by atoms with van der Waals surface area (Å²) in [6.07, 6.45) is -4.60. The summed E-state index contributed by atoms with van der Waals surface area (Å²) in [5, 5.41) is 3.54. The third-order valence-corrected chi connectivity index (χ3v) is 2.64. The highest BCUT2D eigenvalue weighted by molar-refractivity contribution is 5.29. The lowest BCUT2D eigenvalue weighted by Gasteiger charge is -2.13. The molecule has 2 rings (SSSR count). The Bertz CT molecular complexity index is 609. The van der Waals surface area contributed by atoms with Crippen LogP contribution in [0.3, 0.4) is 0 Å². The minimum absolute atomic E-state index is 0.0215. The lowest BCUT2D eigenvalue weighted by atomic mass is 10.0. The van der Waals surface area contributed by atoms with Gasteiger partial charge in [0.05, 0.1) is 5.56 Å². The molecule has 0 spiro atoms. The maximum Gasteiger partial charge on any atom is 0.416 e. The standard InChI is InChI=1S/C12H11F4N3O/c1-6-18-11(20-19-6)5-10(17)7-2-8(12(14,15)16)4-9(13)3-7/h2-4,10H,5,17H2,1H3. The first kappa shape index (κ1) is 14.4. The summed E-state index contributed by atoms with van der Waals surface area (Å²) >= 11 is 0. The summed E-state index contributed by atoms with van der Waals surface area (Å²) in [6.45, 7) is 1.60. The van der Waals surface area contributed by atoms with Crippen LogP contribution in [0.25, 0.3) is 0 Å². The third-order valence-electron chi connectivity index (χ3n) is 2.64. The van der Waals surface area contributed by atoms with Gasteiger partial charge in [-0.2, -0.15) is 18.2 Å². The van der Waals surface area contributed by atoms with Gasteiger partial charge in [0.2, 0.25) is 5.89 Å². The summed E-state index contributed by atoms with van der Waals surface area (Å²) in [4.78, 5) is 3.90. The molecule has 0 saturated heterocycles. The molecule has 0 bridgehead atoms. The van der Waals surface area contributed by atoms with Crippen molar-refractivity contribution < 1.29 is 22.1 Å². The van der Waals surface area contributed by atoms with Gasteiger partial charge in [0.15, 0.2) is 5.82 Å². The number of aromatic nitrogens is 2. The predicted molar refractivity (Wildman–Crippen MR) is 61.1 cm³/mol. The average Bonchev–Trinajstić information content (AvgIpc) is 2.72. The zero-order valence-corrected chi connectivity index (χ0v) is 10.4. The van der Waals surface area contributed by atoms with E-state index < -0.39 is 23.6 Å². The number of hydrogen-bond donors (Lipinski definition) is 1. The molecule has 0 amide bonds. The van der Waals surface area contributed by atoms with Crippen molar-refractivity contribution in [3.8, 4) is 0 Å². The Morgan fingerprint density at radius 3 is 2.55 bits per heavy atom. The minimum Gasteiger partial charge on any atom is -0.339 e. The van der Waals surface area contributed by atoms with Gasteiger partial charge < -0.3 is 10.3 Å². The predicted octanol–water partition coefficient (Wildman–Crippen LogP) is 2.78. The van der Waals surface area contributed by atoms with Crippen molar-refractivity contribution in [2.75, 3.05) is 0 Å². The molecule has 4 nitrogen and oxygen atoms in total. The van der Waals surface area contributed by atoms with E-state index >= 15 is 0 Å². The largest absolute Gasteiger partial charge is 0.416 e. The number of rotatable bonds is 3.